The number of hydrogen-bond acceptors (Lipinski definition) is 4. The first-order chi connectivity index (χ1) is 11.7. The number of rotatable bonds is 7. The molecule has 0 saturated heterocycles. The summed E-state index contributed by atoms with van der Waals surface area (Å²) in [6, 6.07) is 16.2. The van der Waals surface area contributed by atoms with Crippen LogP contribution in [0.2, 0.25) is 0 Å². The molecule has 1 N–H and O–H groups in total. The van der Waals surface area contributed by atoms with Gasteiger partial charge in [-0.1, -0.05) is 48.2 Å². The summed E-state index contributed by atoms with van der Waals surface area (Å²) in [5.41, 5.74) is 4.03. The maximum absolute atomic E-state index is 11.9. The van der Waals surface area contributed by atoms with Crippen LogP contribution in [0.4, 0.5) is 0 Å². The van der Waals surface area contributed by atoms with E-state index in [-0.39, 0.29) is 5.91 Å². The van der Waals surface area contributed by atoms with Crippen molar-refractivity contribution in [1.82, 2.24) is 10.3 Å². The molecular weight excluding hydrogens is 320 g/mol. The van der Waals surface area contributed by atoms with Crippen molar-refractivity contribution in [2.24, 2.45) is 0 Å². The standard InChI is InChI=1S/C19H20N2O2S/c1-14-9-10-17-16(12-14)21-19(23-17)24-13-18(22)20-11-5-8-15-6-3-2-4-7-15/h2-4,6-7,9-10,12H,5,8,11,13H2,1H3,(H,20,22). The third-order valence-corrected chi connectivity index (χ3v) is 4.49. The molecule has 1 aromatic heterocycles. The highest BCUT2D eigenvalue weighted by Gasteiger charge is 2.09. The fourth-order valence-corrected chi connectivity index (χ4v) is 3.09. The Morgan fingerprint density at radius 2 is 2.04 bits per heavy atom. The zero-order valence-corrected chi connectivity index (χ0v) is 14.4. The number of carbonyl (C=O) groups excluding carboxylic acids is 1. The minimum atomic E-state index is 0.00602. The summed E-state index contributed by atoms with van der Waals surface area (Å²) in [7, 11) is 0. The molecule has 124 valence electrons. The molecule has 2 aromatic carbocycles. The van der Waals surface area contributed by atoms with Crippen LogP contribution in [0, 0.1) is 6.92 Å². The Balaban J connectivity index is 1.40. The van der Waals surface area contributed by atoms with Gasteiger partial charge in [0.05, 0.1) is 5.75 Å². The fraction of sp³-hybridized carbons (Fsp3) is 0.263. The number of hydrogen-bond donors (Lipinski definition) is 1. The van der Waals surface area contributed by atoms with Crippen molar-refractivity contribution in [2.75, 3.05) is 12.3 Å². The molecule has 0 fully saturated rings. The van der Waals surface area contributed by atoms with Gasteiger partial charge < -0.3 is 9.73 Å². The summed E-state index contributed by atoms with van der Waals surface area (Å²) in [5, 5.41) is 3.47. The summed E-state index contributed by atoms with van der Waals surface area (Å²) in [5.74, 6) is 0.323. The van der Waals surface area contributed by atoms with Crippen LogP contribution in [-0.2, 0) is 11.2 Å². The van der Waals surface area contributed by atoms with Crippen LogP contribution in [0.15, 0.2) is 58.2 Å². The van der Waals surface area contributed by atoms with Crippen LogP contribution in [0.1, 0.15) is 17.5 Å². The topological polar surface area (TPSA) is 55.1 Å². The molecule has 0 saturated carbocycles. The second-order valence-corrected chi connectivity index (χ2v) is 6.61. The molecule has 1 amide bonds. The van der Waals surface area contributed by atoms with Crippen molar-refractivity contribution >= 4 is 28.8 Å². The van der Waals surface area contributed by atoms with E-state index in [1.165, 1.54) is 17.3 Å². The molecule has 0 radical (unpaired) electrons. The number of aromatic nitrogens is 1. The molecule has 0 unspecified atom stereocenters. The number of thioether (sulfide) groups is 1. The third-order valence-electron chi connectivity index (χ3n) is 3.66. The predicted molar refractivity (Wildman–Crippen MR) is 97.2 cm³/mol. The molecule has 5 heteroatoms. The van der Waals surface area contributed by atoms with E-state index >= 15 is 0 Å². The van der Waals surface area contributed by atoms with E-state index in [2.05, 4.69) is 22.4 Å². The highest BCUT2D eigenvalue weighted by atomic mass is 32.2. The first-order valence-corrected chi connectivity index (χ1v) is 9.00. The number of nitrogens with zero attached hydrogens (tertiary/aromatic N) is 1. The van der Waals surface area contributed by atoms with Crippen molar-refractivity contribution in [2.45, 2.75) is 25.0 Å². The maximum atomic E-state index is 11.9. The van der Waals surface area contributed by atoms with Crippen LogP contribution in [0.25, 0.3) is 11.1 Å². The van der Waals surface area contributed by atoms with E-state index in [9.17, 15) is 4.79 Å². The van der Waals surface area contributed by atoms with Crippen molar-refractivity contribution in [1.29, 1.82) is 0 Å². The minimum Gasteiger partial charge on any atom is -0.431 e. The fourth-order valence-electron chi connectivity index (χ4n) is 2.42. The number of aryl methyl sites for hydroxylation is 2. The molecule has 24 heavy (non-hydrogen) atoms. The number of carbonyl (C=O) groups is 1. The average molecular weight is 340 g/mol. The summed E-state index contributed by atoms with van der Waals surface area (Å²) < 4.78 is 5.63. The lowest BCUT2D eigenvalue weighted by Gasteiger charge is -2.04. The van der Waals surface area contributed by atoms with Crippen molar-refractivity contribution < 1.29 is 9.21 Å². The smallest absolute Gasteiger partial charge is 0.257 e. The van der Waals surface area contributed by atoms with Gasteiger partial charge in [-0.05, 0) is 43.0 Å². The largest absolute Gasteiger partial charge is 0.431 e. The molecule has 3 aromatic rings. The van der Waals surface area contributed by atoms with E-state index < -0.39 is 0 Å². The zero-order chi connectivity index (χ0) is 16.8. The predicted octanol–water partition coefficient (Wildman–Crippen LogP) is 3.98. The van der Waals surface area contributed by atoms with E-state index in [1.807, 2.05) is 43.3 Å². The van der Waals surface area contributed by atoms with Gasteiger partial charge in [-0.2, -0.15) is 0 Å². The Labute approximate surface area is 145 Å². The van der Waals surface area contributed by atoms with Gasteiger partial charge in [-0.25, -0.2) is 4.98 Å². The first-order valence-electron chi connectivity index (χ1n) is 8.01. The van der Waals surface area contributed by atoms with Gasteiger partial charge >= 0.3 is 0 Å². The van der Waals surface area contributed by atoms with Crippen LogP contribution >= 0.6 is 11.8 Å². The SMILES string of the molecule is Cc1ccc2oc(SCC(=O)NCCCc3ccccc3)nc2c1. The Kier molecular flexibility index (Phi) is 5.54. The van der Waals surface area contributed by atoms with Crippen molar-refractivity contribution in [3.63, 3.8) is 0 Å². The zero-order valence-electron chi connectivity index (χ0n) is 13.6. The second kappa shape index (κ2) is 8.02. The molecule has 3 rings (SSSR count). The third kappa shape index (κ3) is 4.61. The molecule has 0 aliphatic carbocycles. The molecule has 0 bridgehead atoms. The maximum Gasteiger partial charge on any atom is 0.257 e. The lowest BCUT2D eigenvalue weighted by Crippen LogP contribution is -2.26. The normalized spacial score (nSPS) is 10.9. The van der Waals surface area contributed by atoms with Gasteiger partial charge in [0.25, 0.3) is 5.22 Å². The molecule has 0 aliphatic heterocycles. The highest BCUT2D eigenvalue weighted by molar-refractivity contribution is 7.99. The lowest BCUT2D eigenvalue weighted by molar-refractivity contribution is -0.118. The van der Waals surface area contributed by atoms with Crippen molar-refractivity contribution in [3.05, 3.63) is 59.7 Å². The van der Waals surface area contributed by atoms with Gasteiger partial charge in [0.1, 0.15) is 5.52 Å². The molecule has 0 spiro atoms. The van der Waals surface area contributed by atoms with E-state index in [4.69, 9.17) is 4.42 Å². The Bertz CT molecular complexity index is 815. The van der Waals surface area contributed by atoms with Gasteiger partial charge in [-0.3, -0.25) is 4.79 Å². The van der Waals surface area contributed by atoms with Gasteiger partial charge in [0.15, 0.2) is 5.58 Å². The van der Waals surface area contributed by atoms with Crippen LogP contribution < -0.4 is 5.32 Å². The molecule has 0 atom stereocenters. The number of benzene rings is 2. The summed E-state index contributed by atoms with van der Waals surface area (Å²) in [6.45, 7) is 2.70. The van der Waals surface area contributed by atoms with Crippen LogP contribution in [0.3, 0.4) is 0 Å². The molecule has 0 aliphatic rings. The van der Waals surface area contributed by atoms with Gasteiger partial charge in [0, 0.05) is 6.54 Å². The van der Waals surface area contributed by atoms with Gasteiger partial charge in [0.2, 0.25) is 5.91 Å². The molecular formula is C19H20N2O2S. The van der Waals surface area contributed by atoms with Crippen molar-refractivity contribution in [3.8, 4) is 0 Å². The van der Waals surface area contributed by atoms with Gasteiger partial charge in [-0.15, -0.1) is 0 Å². The molecule has 4 nitrogen and oxygen atoms in total. The summed E-state index contributed by atoms with van der Waals surface area (Å²) >= 11 is 1.32. The van der Waals surface area contributed by atoms with E-state index in [0.717, 1.165) is 29.5 Å². The monoisotopic (exact) mass is 340 g/mol. The highest BCUT2D eigenvalue weighted by Crippen LogP contribution is 2.23. The minimum absolute atomic E-state index is 0.00602. The number of fused-ring (bicyclic) bond motifs is 1. The Morgan fingerprint density at radius 3 is 2.88 bits per heavy atom. The summed E-state index contributed by atoms with van der Waals surface area (Å²) in [6.07, 6.45) is 1.90. The quantitative estimate of drug-likeness (QED) is 0.522. The van der Waals surface area contributed by atoms with Crippen LogP contribution in [0.5, 0.6) is 0 Å². The Hall–Kier alpha value is -2.27. The number of oxazole rings is 1. The summed E-state index contributed by atoms with van der Waals surface area (Å²) in [4.78, 5) is 16.3. The number of nitrogens with one attached hydrogen (secondary N) is 1. The lowest BCUT2D eigenvalue weighted by atomic mass is 10.1. The average Bonchev–Trinajstić information content (AvgIpc) is 3.00. The molecule has 1 heterocycles. The van der Waals surface area contributed by atoms with E-state index in [0.29, 0.717) is 17.5 Å². The van der Waals surface area contributed by atoms with Crippen LogP contribution in [-0.4, -0.2) is 23.2 Å². The number of amides is 1. The first kappa shape index (κ1) is 16.6. The second-order valence-electron chi connectivity index (χ2n) is 5.68. The Morgan fingerprint density at radius 1 is 1.21 bits per heavy atom. The van der Waals surface area contributed by atoms with E-state index in [1.54, 1.807) is 0 Å².